The second kappa shape index (κ2) is 7.28. The van der Waals surface area contributed by atoms with Crippen molar-refractivity contribution in [1.82, 2.24) is 4.90 Å². The molecule has 0 aliphatic carbocycles. The van der Waals surface area contributed by atoms with E-state index in [0.29, 0.717) is 32.5 Å². The molecule has 0 atom stereocenters. The second-order valence-electron chi connectivity index (χ2n) is 7.39. The predicted octanol–water partition coefficient (Wildman–Crippen LogP) is 3.56. The van der Waals surface area contributed by atoms with Gasteiger partial charge in [0.1, 0.15) is 5.75 Å². The minimum absolute atomic E-state index is 0.0844. The van der Waals surface area contributed by atoms with Gasteiger partial charge in [-0.2, -0.15) is 0 Å². The number of nitrogens with zero attached hydrogens (tertiary/aromatic N) is 1. The maximum atomic E-state index is 11.5. The van der Waals surface area contributed by atoms with E-state index < -0.39 is 5.79 Å². The third-order valence-corrected chi connectivity index (χ3v) is 5.36. The van der Waals surface area contributed by atoms with Gasteiger partial charge in [0, 0.05) is 51.0 Å². The molecule has 1 N–H and O–H groups in total. The molecule has 2 amide bonds. The lowest BCUT2D eigenvalue weighted by Gasteiger charge is -2.43. The molecule has 28 heavy (non-hydrogen) atoms. The molecule has 1 fully saturated rings. The third-order valence-electron chi connectivity index (χ3n) is 5.36. The average molecular weight is 380 g/mol. The van der Waals surface area contributed by atoms with Crippen LogP contribution in [0.4, 0.5) is 5.69 Å². The summed E-state index contributed by atoms with van der Waals surface area (Å²) in [4.78, 5) is 24.5. The summed E-state index contributed by atoms with van der Waals surface area (Å²) in [6, 6.07) is 13.9. The molecule has 1 saturated heterocycles. The summed E-state index contributed by atoms with van der Waals surface area (Å²) in [5.74, 6) is 0.237. The fraction of sp³-hybridized carbons (Fsp3) is 0.364. The molecular weight excluding hydrogens is 356 g/mol. The average Bonchev–Trinajstić information content (AvgIpc) is 2.68. The van der Waals surface area contributed by atoms with Crippen LogP contribution >= 0.6 is 0 Å². The van der Waals surface area contributed by atoms with Crippen LogP contribution in [0.15, 0.2) is 42.5 Å². The van der Waals surface area contributed by atoms with Crippen LogP contribution in [0.2, 0.25) is 0 Å². The molecule has 2 aromatic rings. The van der Waals surface area contributed by atoms with Gasteiger partial charge in [0.2, 0.25) is 17.6 Å². The SMILES string of the molecule is CC(=O)Nc1ccc(-c2ccc3c(c2)COC2(CCN(C(C)=O)CC2)O3)cc1. The lowest BCUT2D eigenvalue weighted by atomic mass is 9.99. The van der Waals surface area contributed by atoms with Gasteiger partial charge in [-0.1, -0.05) is 18.2 Å². The Balaban J connectivity index is 1.49. The first kappa shape index (κ1) is 18.5. The maximum absolute atomic E-state index is 11.5. The Bertz CT molecular complexity index is 899. The highest BCUT2D eigenvalue weighted by Crippen LogP contribution is 2.39. The Morgan fingerprint density at radius 2 is 1.68 bits per heavy atom. The summed E-state index contributed by atoms with van der Waals surface area (Å²) in [5.41, 5.74) is 3.93. The lowest BCUT2D eigenvalue weighted by Crippen LogP contribution is -2.52. The van der Waals surface area contributed by atoms with E-state index in [1.54, 1.807) is 6.92 Å². The van der Waals surface area contributed by atoms with Gasteiger partial charge in [-0.3, -0.25) is 9.59 Å². The van der Waals surface area contributed by atoms with Crippen molar-refractivity contribution in [2.24, 2.45) is 0 Å². The van der Waals surface area contributed by atoms with Gasteiger partial charge in [0.05, 0.1) is 6.61 Å². The first-order chi connectivity index (χ1) is 13.4. The number of nitrogens with one attached hydrogen (secondary N) is 1. The Morgan fingerprint density at radius 3 is 2.32 bits per heavy atom. The molecule has 4 rings (SSSR count). The van der Waals surface area contributed by atoms with E-state index in [2.05, 4.69) is 11.4 Å². The fourth-order valence-electron chi connectivity index (χ4n) is 3.77. The zero-order chi connectivity index (χ0) is 19.7. The molecule has 2 heterocycles. The van der Waals surface area contributed by atoms with E-state index in [9.17, 15) is 9.59 Å². The van der Waals surface area contributed by atoms with Gasteiger partial charge < -0.3 is 19.7 Å². The van der Waals surface area contributed by atoms with Gasteiger partial charge in [-0.25, -0.2) is 0 Å². The van der Waals surface area contributed by atoms with E-state index in [4.69, 9.17) is 9.47 Å². The van der Waals surface area contributed by atoms with Crippen LogP contribution in [-0.4, -0.2) is 35.6 Å². The molecule has 2 aliphatic rings. The molecule has 0 radical (unpaired) electrons. The van der Waals surface area contributed by atoms with Crippen molar-refractivity contribution in [3.8, 4) is 16.9 Å². The summed E-state index contributed by atoms with van der Waals surface area (Å²) in [6.45, 7) is 4.90. The van der Waals surface area contributed by atoms with Gasteiger partial charge in [-0.05, 0) is 35.4 Å². The summed E-state index contributed by atoms with van der Waals surface area (Å²) in [6.07, 6.45) is 1.36. The largest absolute Gasteiger partial charge is 0.462 e. The third kappa shape index (κ3) is 3.73. The quantitative estimate of drug-likeness (QED) is 0.865. The highest BCUT2D eigenvalue weighted by molar-refractivity contribution is 5.89. The molecule has 146 valence electrons. The van der Waals surface area contributed by atoms with Crippen molar-refractivity contribution in [2.75, 3.05) is 18.4 Å². The fourth-order valence-corrected chi connectivity index (χ4v) is 3.77. The summed E-state index contributed by atoms with van der Waals surface area (Å²) in [7, 11) is 0. The molecule has 0 bridgehead atoms. The smallest absolute Gasteiger partial charge is 0.221 e. The molecule has 0 saturated carbocycles. The number of fused-ring (bicyclic) bond motifs is 1. The van der Waals surface area contributed by atoms with Gasteiger partial charge in [-0.15, -0.1) is 0 Å². The number of carbonyl (C=O) groups excluding carboxylic acids is 2. The summed E-state index contributed by atoms with van der Waals surface area (Å²) < 4.78 is 12.3. The van der Waals surface area contributed by atoms with Crippen molar-refractivity contribution >= 4 is 17.5 Å². The predicted molar refractivity (Wildman–Crippen MR) is 106 cm³/mol. The van der Waals surface area contributed by atoms with E-state index in [0.717, 1.165) is 28.1 Å². The molecule has 1 spiro atoms. The van der Waals surface area contributed by atoms with Crippen LogP contribution < -0.4 is 10.1 Å². The molecular formula is C22H24N2O4. The Labute approximate surface area is 164 Å². The second-order valence-corrected chi connectivity index (χ2v) is 7.39. The number of hydrogen-bond donors (Lipinski definition) is 1. The molecule has 2 aromatic carbocycles. The number of piperidine rings is 1. The van der Waals surface area contributed by atoms with Gasteiger partial charge >= 0.3 is 0 Å². The van der Waals surface area contributed by atoms with Crippen LogP contribution in [0.5, 0.6) is 5.75 Å². The first-order valence-electron chi connectivity index (χ1n) is 9.54. The minimum atomic E-state index is -0.625. The van der Waals surface area contributed by atoms with Crippen LogP contribution in [-0.2, 0) is 20.9 Å². The molecule has 0 aromatic heterocycles. The molecule has 6 nitrogen and oxygen atoms in total. The van der Waals surface area contributed by atoms with E-state index in [1.807, 2.05) is 41.3 Å². The molecule has 6 heteroatoms. The van der Waals surface area contributed by atoms with E-state index in [-0.39, 0.29) is 11.8 Å². The van der Waals surface area contributed by atoms with Crippen LogP contribution in [0.25, 0.3) is 11.1 Å². The van der Waals surface area contributed by atoms with Crippen molar-refractivity contribution in [1.29, 1.82) is 0 Å². The maximum Gasteiger partial charge on any atom is 0.221 e. The van der Waals surface area contributed by atoms with Crippen LogP contribution in [0, 0.1) is 0 Å². The number of anilines is 1. The number of benzene rings is 2. The van der Waals surface area contributed by atoms with Crippen LogP contribution in [0.1, 0.15) is 32.3 Å². The first-order valence-corrected chi connectivity index (χ1v) is 9.54. The summed E-state index contributed by atoms with van der Waals surface area (Å²) >= 11 is 0. The molecule has 0 unspecified atom stereocenters. The minimum Gasteiger partial charge on any atom is -0.462 e. The number of hydrogen-bond acceptors (Lipinski definition) is 4. The van der Waals surface area contributed by atoms with Crippen molar-refractivity contribution in [3.63, 3.8) is 0 Å². The Morgan fingerprint density at radius 1 is 1.00 bits per heavy atom. The number of rotatable bonds is 2. The van der Waals surface area contributed by atoms with Crippen molar-refractivity contribution in [3.05, 3.63) is 48.0 Å². The summed E-state index contributed by atoms with van der Waals surface area (Å²) in [5, 5.41) is 2.77. The van der Waals surface area contributed by atoms with Crippen molar-refractivity contribution in [2.45, 2.75) is 39.1 Å². The van der Waals surface area contributed by atoms with E-state index >= 15 is 0 Å². The van der Waals surface area contributed by atoms with E-state index in [1.165, 1.54) is 6.92 Å². The number of amides is 2. The highest BCUT2D eigenvalue weighted by atomic mass is 16.7. The topological polar surface area (TPSA) is 67.9 Å². The Hall–Kier alpha value is -2.86. The number of carbonyl (C=O) groups is 2. The molecule has 2 aliphatic heterocycles. The normalized spacial score (nSPS) is 17.6. The Kier molecular flexibility index (Phi) is 4.81. The number of likely N-dealkylation sites (tertiary alicyclic amines) is 1. The monoisotopic (exact) mass is 380 g/mol. The highest BCUT2D eigenvalue weighted by Gasteiger charge is 2.41. The van der Waals surface area contributed by atoms with Crippen LogP contribution in [0.3, 0.4) is 0 Å². The van der Waals surface area contributed by atoms with Gasteiger partial charge in [0.25, 0.3) is 0 Å². The number of ether oxygens (including phenoxy) is 2. The lowest BCUT2D eigenvalue weighted by molar-refractivity contribution is -0.227. The van der Waals surface area contributed by atoms with Gasteiger partial charge in [0.15, 0.2) is 0 Å². The zero-order valence-electron chi connectivity index (χ0n) is 16.2. The standard InChI is InChI=1S/C22H24N2O4/c1-15(25)23-20-6-3-17(4-7-20)18-5-8-21-19(13-18)14-27-22(28-21)9-11-24(12-10-22)16(2)26/h3-8,13H,9-12,14H2,1-2H3,(H,23,25). The van der Waals surface area contributed by atoms with Crippen molar-refractivity contribution < 1.29 is 19.1 Å². The zero-order valence-corrected chi connectivity index (χ0v) is 16.2.